The minimum atomic E-state index is -4.63. The van der Waals surface area contributed by atoms with E-state index in [1.54, 1.807) is 0 Å². The fraction of sp³-hybridized carbons (Fsp3) is 0.852. The van der Waals surface area contributed by atoms with Gasteiger partial charge in [0.05, 0.1) is 19.8 Å². The van der Waals surface area contributed by atoms with Crippen LogP contribution in [-0.2, 0) is 32.7 Å². The molecule has 1 unspecified atom stereocenters. The second kappa shape index (κ2) is 50.1. The Morgan fingerprint density at radius 2 is 0.815 bits per heavy atom. The largest absolute Gasteiger partial charge is 0.472 e. The van der Waals surface area contributed by atoms with E-state index in [-0.39, 0.29) is 19.4 Å². The first-order valence-corrected chi connectivity index (χ1v) is 28.4. The molecule has 0 aromatic heterocycles. The maximum atomic E-state index is 12.7. The number of aliphatic hydroxyl groups excluding tert-OH is 2. The second-order valence-corrected chi connectivity index (χ2v) is 19.7. The third kappa shape index (κ3) is 49.9. The SMILES string of the molecule is CCCCC/C=C/C/C=C/CCCCCCCCCCCC(=O)O[C@H](COC(=O)CCC/C=C/CCCCCCCCCCCCCCCCCCCC)COP(=O)(O)OC[C@@H](O)CO. The highest BCUT2D eigenvalue weighted by atomic mass is 31.2. The average molecular weight is 941 g/mol. The van der Waals surface area contributed by atoms with Crippen LogP contribution in [0, 0.1) is 0 Å². The third-order valence-corrected chi connectivity index (χ3v) is 12.7. The summed E-state index contributed by atoms with van der Waals surface area (Å²) in [6.07, 6.45) is 55.5. The number of aliphatic hydroxyl groups is 2. The van der Waals surface area contributed by atoms with Gasteiger partial charge in [-0.2, -0.15) is 0 Å². The van der Waals surface area contributed by atoms with Crippen LogP contribution < -0.4 is 0 Å². The van der Waals surface area contributed by atoms with Crippen molar-refractivity contribution < 1.29 is 47.8 Å². The van der Waals surface area contributed by atoms with Gasteiger partial charge in [-0.1, -0.05) is 217 Å². The van der Waals surface area contributed by atoms with Gasteiger partial charge in [-0.15, -0.1) is 0 Å². The minimum Gasteiger partial charge on any atom is -0.462 e. The van der Waals surface area contributed by atoms with Gasteiger partial charge in [0, 0.05) is 12.8 Å². The zero-order valence-corrected chi connectivity index (χ0v) is 42.9. The van der Waals surface area contributed by atoms with E-state index in [4.69, 9.17) is 23.6 Å². The van der Waals surface area contributed by atoms with E-state index in [9.17, 15) is 24.2 Å². The van der Waals surface area contributed by atoms with Gasteiger partial charge in [-0.05, 0) is 64.2 Å². The molecule has 0 heterocycles. The number of hydrogen-bond acceptors (Lipinski definition) is 9. The molecule has 0 saturated heterocycles. The number of carbonyl (C=O) groups excluding carboxylic acids is 2. The molecular formula is C54H101O10P. The van der Waals surface area contributed by atoms with E-state index >= 15 is 0 Å². The van der Waals surface area contributed by atoms with Crippen molar-refractivity contribution in [3.8, 4) is 0 Å². The number of ether oxygens (including phenoxy) is 2. The number of carbonyl (C=O) groups is 2. The van der Waals surface area contributed by atoms with Crippen LogP contribution in [0.1, 0.15) is 258 Å². The summed E-state index contributed by atoms with van der Waals surface area (Å²) in [5.74, 6) is -0.957. The summed E-state index contributed by atoms with van der Waals surface area (Å²) in [6.45, 7) is 2.37. The smallest absolute Gasteiger partial charge is 0.462 e. The van der Waals surface area contributed by atoms with E-state index in [0.29, 0.717) is 12.8 Å². The number of unbranched alkanes of at least 4 members (excludes halogenated alkanes) is 31. The monoisotopic (exact) mass is 941 g/mol. The van der Waals surface area contributed by atoms with Crippen LogP contribution in [0.3, 0.4) is 0 Å². The van der Waals surface area contributed by atoms with Gasteiger partial charge in [0.1, 0.15) is 12.7 Å². The maximum absolute atomic E-state index is 12.7. The van der Waals surface area contributed by atoms with Crippen molar-refractivity contribution in [3.05, 3.63) is 36.5 Å². The van der Waals surface area contributed by atoms with E-state index in [0.717, 1.165) is 44.9 Å². The third-order valence-electron chi connectivity index (χ3n) is 11.8. The summed E-state index contributed by atoms with van der Waals surface area (Å²) in [4.78, 5) is 35.2. The van der Waals surface area contributed by atoms with E-state index in [1.807, 2.05) is 0 Å². The van der Waals surface area contributed by atoms with E-state index in [1.165, 1.54) is 173 Å². The summed E-state index contributed by atoms with van der Waals surface area (Å²) in [6, 6.07) is 0. The van der Waals surface area contributed by atoms with Crippen molar-refractivity contribution in [2.24, 2.45) is 0 Å². The van der Waals surface area contributed by atoms with Gasteiger partial charge in [-0.3, -0.25) is 18.6 Å². The molecule has 0 aromatic rings. The molecule has 3 atom stereocenters. The highest BCUT2D eigenvalue weighted by Gasteiger charge is 2.27. The van der Waals surface area contributed by atoms with Crippen molar-refractivity contribution >= 4 is 19.8 Å². The highest BCUT2D eigenvalue weighted by molar-refractivity contribution is 7.47. The molecule has 0 aromatic carbocycles. The zero-order chi connectivity index (χ0) is 47.6. The predicted molar refractivity (Wildman–Crippen MR) is 270 cm³/mol. The zero-order valence-electron chi connectivity index (χ0n) is 42.0. The summed E-state index contributed by atoms with van der Waals surface area (Å²) in [5, 5.41) is 18.4. The molecular weight excluding hydrogens is 840 g/mol. The lowest BCUT2D eigenvalue weighted by Gasteiger charge is -2.20. The number of allylic oxidation sites excluding steroid dienone is 6. The molecule has 0 amide bonds. The Bertz CT molecular complexity index is 1170. The van der Waals surface area contributed by atoms with Gasteiger partial charge in [0.25, 0.3) is 0 Å². The van der Waals surface area contributed by atoms with Gasteiger partial charge >= 0.3 is 19.8 Å². The first-order valence-electron chi connectivity index (χ1n) is 26.9. The number of phosphoric acid groups is 1. The van der Waals surface area contributed by atoms with Crippen molar-refractivity contribution in [2.45, 2.75) is 270 Å². The Balaban J connectivity index is 4.15. The molecule has 3 N–H and O–H groups in total. The Morgan fingerprint density at radius 3 is 1.28 bits per heavy atom. The average Bonchev–Trinajstić information content (AvgIpc) is 3.30. The lowest BCUT2D eigenvalue weighted by molar-refractivity contribution is -0.161. The first kappa shape index (κ1) is 63.2. The highest BCUT2D eigenvalue weighted by Crippen LogP contribution is 2.43. The summed E-state index contributed by atoms with van der Waals surface area (Å²) >= 11 is 0. The molecule has 0 fully saturated rings. The fourth-order valence-corrected chi connectivity index (χ4v) is 8.41. The molecule has 0 saturated carbocycles. The van der Waals surface area contributed by atoms with Crippen LogP contribution in [0.25, 0.3) is 0 Å². The molecule has 0 bridgehead atoms. The van der Waals surface area contributed by atoms with Crippen molar-refractivity contribution in [1.82, 2.24) is 0 Å². The standard InChI is InChI=1S/C54H101O10P/c1-3-5-7-9-11-13-15-17-19-21-23-24-25-26-28-29-31-33-35-37-39-41-43-45-53(57)61-49-52(50-63-65(59,60)62-48-51(56)47-55)64-54(58)46-44-42-40-38-36-34-32-30-27-22-20-18-16-14-12-10-8-6-4-2/h12,14,18,20,37,39,51-52,55-56H,3-11,13,15-17,19,21-36,38,40-50H2,1-2H3,(H,59,60)/b14-12+,20-18+,39-37+/t51-,52+/m0/s1. The molecule has 0 aliphatic carbocycles. The molecule has 0 rings (SSSR count). The summed E-state index contributed by atoms with van der Waals surface area (Å²) < 4.78 is 32.9. The lowest BCUT2D eigenvalue weighted by Crippen LogP contribution is -2.29. The summed E-state index contributed by atoms with van der Waals surface area (Å²) in [5.41, 5.74) is 0. The lowest BCUT2D eigenvalue weighted by atomic mass is 10.0. The molecule has 0 radical (unpaired) electrons. The maximum Gasteiger partial charge on any atom is 0.472 e. The topological polar surface area (TPSA) is 149 Å². The molecule has 10 nitrogen and oxygen atoms in total. The van der Waals surface area contributed by atoms with Crippen LogP contribution in [0.2, 0.25) is 0 Å². The predicted octanol–water partition coefficient (Wildman–Crippen LogP) is 15.5. The molecule has 382 valence electrons. The number of rotatable bonds is 51. The molecule has 0 spiro atoms. The molecule has 65 heavy (non-hydrogen) atoms. The van der Waals surface area contributed by atoms with E-state index < -0.39 is 51.8 Å². The molecule has 11 heteroatoms. The molecule has 0 aliphatic heterocycles. The summed E-state index contributed by atoms with van der Waals surface area (Å²) in [7, 11) is -4.63. The van der Waals surface area contributed by atoms with Gasteiger partial charge < -0.3 is 24.6 Å². The normalized spacial score (nSPS) is 13.9. The Labute approximate surface area is 399 Å². The van der Waals surface area contributed by atoms with Gasteiger partial charge in [0.2, 0.25) is 0 Å². The minimum absolute atomic E-state index is 0.175. The Kier molecular flexibility index (Phi) is 48.7. The van der Waals surface area contributed by atoms with E-state index in [2.05, 4.69) is 50.3 Å². The van der Waals surface area contributed by atoms with Gasteiger partial charge in [-0.25, -0.2) is 4.57 Å². The van der Waals surface area contributed by atoms with Crippen molar-refractivity contribution in [1.29, 1.82) is 0 Å². The Hall–Kier alpha value is -1.81. The fourth-order valence-electron chi connectivity index (χ4n) is 7.62. The van der Waals surface area contributed by atoms with Crippen LogP contribution in [0.15, 0.2) is 36.5 Å². The molecule has 0 aliphatic rings. The quantitative estimate of drug-likeness (QED) is 0.0233. The van der Waals surface area contributed by atoms with Crippen LogP contribution in [0.4, 0.5) is 0 Å². The van der Waals surface area contributed by atoms with Crippen LogP contribution in [0.5, 0.6) is 0 Å². The van der Waals surface area contributed by atoms with Crippen molar-refractivity contribution in [2.75, 3.05) is 26.4 Å². The number of phosphoric ester groups is 1. The first-order chi connectivity index (χ1) is 31.7. The number of esters is 2. The van der Waals surface area contributed by atoms with Crippen LogP contribution >= 0.6 is 7.82 Å². The van der Waals surface area contributed by atoms with Crippen LogP contribution in [-0.4, -0.2) is 65.7 Å². The second-order valence-electron chi connectivity index (χ2n) is 18.2. The van der Waals surface area contributed by atoms with Gasteiger partial charge in [0.15, 0.2) is 6.10 Å². The number of hydrogen-bond donors (Lipinski definition) is 3. The van der Waals surface area contributed by atoms with Crippen molar-refractivity contribution in [3.63, 3.8) is 0 Å². The Morgan fingerprint density at radius 1 is 0.462 bits per heavy atom.